The molecular formula is C9H5BrClNS. The first-order valence-electron chi connectivity index (χ1n) is 3.65. The van der Waals surface area contributed by atoms with E-state index in [1.54, 1.807) is 0 Å². The van der Waals surface area contributed by atoms with Gasteiger partial charge in [-0.05, 0) is 33.0 Å². The van der Waals surface area contributed by atoms with Crippen molar-refractivity contribution in [2.24, 2.45) is 0 Å². The molecule has 1 aromatic heterocycles. The van der Waals surface area contributed by atoms with E-state index >= 15 is 0 Å². The van der Waals surface area contributed by atoms with E-state index in [0.29, 0.717) is 5.15 Å². The predicted molar refractivity (Wildman–Crippen MR) is 60.3 cm³/mol. The quantitative estimate of drug-likeness (QED) is 0.758. The normalized spacial score (nSPS) is 10.3. The van der Waals surface area contributed by atoms with Gasteiger partial charge in [-0.3, -0.25) is 0 Å². The Morgan fingerprint density at radius 2 is 1.92 bits per heavy atom. The summed E-state index contributed by atoms with van der Waals surface area (Å²) in [5.74, 6) is 0. The largest absolute Gasteiger partial charge is 0.179 e. The molecule has 4 heteroatoms. The third-order valence-corrected chi connectivity index (χ3v) is 4.17. The lowest BCUT2D eigenvalue weighted by Crippen LogP contribution is -1.70. The molecule has 2 aromatic rings. The van der Waals surface area contributed by atoms with E-state index in [0.717, 1.165) is 14.9 Å². The number of hydrogen-bond donors (Lipinski definition) is 0. The molecule has 1 heterocycles. The number of halogens is 2. The Bertz CT molecular complexity index is 413. The first kappa shape index (κ1) is 9.19. The van der Waals surface area contributed by atoms with Crippen molar-refractivity contribution < 1.29 is 0 Å². The van der Waals surface area contributed by atoms with Gasteiger partial charge in [0.1, 0.15) is 0 Å². The lowest BCUT2D eigenvalue weighted by atomic mass is 10.2. The van der Waals surface area contributed by atoms with E-state index in [4.69, 9.17) is 11.6 Å². The van der Waals surface area contributed by atoms with Crippen molar-refractivity contribution in [1.82, 2.24) is 4.37 Å². The van der Waals surface area contributed by atoms with Crippen LogP contribution in [0.4, 0.5) is 0 Å². The maximum atomic E-state index is 5.83. The SMILES string of the molecule is Clc1nsc(-c2ccccc2)c1Br. The van der Waals surface area contributed by atoms with Crippen LogP contribution in [0.5, 0.6) is 0 Å². The topological polar surface area (TPSA) is 12.9 Å². The van der Waals surface area contributed by atoms with Crippen molar-refractivity contribution in [1.29, 1.82) is 0 Å². The Labute approximate surface area is 93.7 Å². The Morgan fingerprint density at radius 3 is 2.46 bits per heavy atom. The zero-order valence-corrected chi connectivity index (χ0v) is 9.66. The van der Waals surface area contributed by atoms with Crippen LogP contribution in [0.3, 0.4) is 0 Å². The van der Waals surface area contributed by atoms with Crippen LogP contribution in [0, 0.1) is 0 Å². The third-order valence-electron chi connectivity index (χ3n) is 1.63. The summed E-state index contributed by atoms with van der Waals surface area (Å²) in [6.45, 7) is 0. The van der Waals surface area contributed by atoms with Gasteiger partial charge in [0.05, 0.1) is 9.35 Å². The molecule has 0 saturated carbocycles. The summed E-state index contributed by atoms with van der Waals surface area (Å²) in [6.07, 6.45) is 0. The minimum absolute atomic E-state index is 0.531. The average Bonchev–Trinajstić information content (AvgIpc) is 2.49. The molecular weight excluding hydrogens is 270 g/mol. The molecule has 0 saturated heterocycles. The van der Waals surface area contributed by atoms with E-state index < -0.39 is 0 Å². The zero-order valence-electron chi connectivity index (χ0n) is 6.50. The summed E-state index contributed by atoms with van der Waals surface area (Å²) in [7, 11) is 0. The highest BCUT2D eigenvalue weighted by Gasteiger charge is 2.09. The van der Waals surface area contributed by atoms with Gasteiger partial charge in [0.2, 0.25) is 0 Å². The summed E-state index contributed by atoms with van der Waals surface area (Å²) in [5, 5.41) is 0.531. The molecule has 1 nitrogen and oxygen atoms in total. The van der Waals surface area contributed by atoms with Crippen LogP contribution in [0.1, 0.15) is 0 Å². The molecule has 0 unspecified atom stereocenters. The number of aromatic nitrogens is 1. The number of benzene rings is 1. The molecule has 0 atom stereocenters. The van der Waals surface area contributed by atoms with Gasteiger partial charge < -0.3 is 0 Å². The van der Waals surface area contributed by atoms with E-state index in [1.165, 1.54) is 11.5 Å². The van der Waals surface area contributed by atoms with Gasteiger partial charge in [-0.15, -0.1) is 0 Å². The molecule has 0 aliphatic heterocycles. The average molecular weight is 275 g/mol. The van der Waals surface area contributed by atoms with Crippen molar-refractivity contribution in [2.45, 2.75) is 0 Å². The molecule has 0 fully saturated rings. The van der Waals surface area contributed by atoms with E-state index in [9.17, 15) is 0 Å². The van der Waals surface area contributed by atoms with Crippen LogP contribution in [0.25, 0.3) is 10.4 Å². The summed E-state index contributed by atoms with van der Waals surface area (Å²) < 4.78 is 4.93. The van der Waals surface area contributed by atoms with Crippen molar-refractivity contribution in [3.05, 3.63) is 40.0 Å². The van der Waals surface area contributed by atoms with E-state index in [1.807, 2.05) is 30.3 Å². The summed E-state index contributed by atoms with van der Waals surface area (Å²) in [6, 6.07) is 10.0. The number of nitrogens with zero attached hydrogens (tertiary/aromatic N) is 1. The van der Waals surface area contributed by atoms with Crippen LogP contribution >= 0.6 is 39.1 Å². The van der Waals surface area contributed by atoms with Crippen LogP contribution in [0.2, 0.25) is 5.15 Å². The van der Waals surface area contributed by atoms with Gasteiger partial charge in [0.25, 0.3) is 0 Å². The minimum atomic E-state index is 0.531. The van der Waals surface area contributed by atoms with E-state index in [2.05, 4.69) is 20.3 Å². The van der Waals surface area contributed by atoms with Crippen molar-refractivity contribution >= 4 is 39.1 Å². The maximum absolute atomic E-state index is 5.83. The molecule has 1 aromatic carbocycles. The second-order valence-corrected chi connectivity index (χ2v) is 4.41. The number of rotatable bonds is 1. The number of hydrogen-bond acceptors (Lipinski definition) is 2. The monoisotopic (exact) mass is 273 g/mol. The molecule has 0 spiro atoms. The van der Waals surface area contributed by atoms with Crippen LogP contribution in [-0.4, -0.2) is 4.37 Å². The molecule has 2 rings (SSSR count). The van der Waals surface area contributed by atoms with Crippen molar-refractivity contribution in [3.63, 3.8) is 0 Å². The minimum Gasteiger partial charge on any atom is -0.179 e. The summed E-state index contributed by atoms with van der Waals surface area (Å²) >= 11 is 10.6. The van der Waals surface area contributed by atoms with Gasteiger partial charge in [0, 0.05) is 0 Å². The first-order chi connectivity index (χ1) is 6.29. The van der Waals surface area contributed by atoms with E-state index in [-0.39, 0.29) is 0 Å². The predicted octanol–water partition coefficient (Wildman–Crippen LogP) is 4.23. The maximum Gasteiger partial charge on any atom is 0.157 e. The highest BCUT2D eigenvalue weighted by Crippen LogP contribution is 2.36. The molecule has 0 bridgehead atoms. The second-order valence-electron chi connectivity index (χ2n) is 2.48. The van der Waals surface area contributed by atoms with Crippen LogP contribution < -0.4 is 0 Å². The second kappa shape index (κ2) is 3.78. The molecule has 0 amide bonds. The Balaban J connectivity index is 2.53. The Hall–Kier alpha value is -0.380. The highest BCUT2D eigenvalue weighted by atomic mass is 79.9. The summed E-state index contributed by atoms with van der Waals surface area (Å²) in [5.41, 5.74) is 1.14. The molecule has 0 radical (unpaired) electrons. The van der Waals surface area contributed by atoms with Crippen LogP contribution in [0.15, 0.2) is 34.8 Å². The first-order valence-corrected chi connectivity index (χ1v) is 5.59. The fourth-order valence-electron chi connectivity index (χ4n) is 1.03. The standard InChI is InChI=1S/C9H5BrClNS/c10-7-8(13-12-9(7)11)6-4-2-1-3-5-6/h1-5H. The molecule has 13 heavy (non-hydrogen) atoms. The summed E-state index contributed by atoms with van der Waals surface area (Å²) in [4.78, 5) is 1.07. The fourth-order valence-corrected chi connectivity index (χ4v) is 2.62. The molecule has 66 valence electrons. The van der Waals surface area contributed by atoms with Crippen LogP contribution in [-0.2, 0) is 0 Å². The zero-order chi connectivity index (χ0) is 9.26. The molecule has 0 aliphatic carbocycles. The smallest absolute Gasteiger partial charge is 0.157 e. The molecule has 0 N–H and O–H groups in total. The van der Waals surface area contributed by atoms with Crippen molar-refractivity contribution in [2.75, 3.05) is 0 Å². The third kappa shape index (κ3) is 1.77. The van der Waals surface area contributed by atoms with Gasteiger partial charge in [-0.25, -0.2) is 0 Å². The lowest BCUT2D eigenvalue weighted by Gasteiger charge is -1.95. The van der Waals surface area contributed by atoms with Gasteiger partial charge in [-0.2, -0.15) is 4.37 Å². The Kier molecular flexibility index (Phi) is 2.67. The van der Waals surface area contributed by atoms with Gasteiger partial charge in [-0.1, -0.05) is 41.9 Å². The highest BCUT2D eigenvalue weighted by molar-refractivity contribution is 9.10. The molecule has 0 aliphatic rings. The van der Waals surface area contributed by atoms with Gasteiger partial charge >= 0.3 is 0 Å². The van der Waals surface area contributed by atoms with Crippen molar-refractivity contribution in [3.8, 4) is 10.4 Å². The Morgan fingerprint density at radius 1 is 1.23 bits per heavy atom. The lowest BCUT2D eigenvalue weighted by molar-refractivity contribution is 1.55. The van der Waals surface area contributed by atoms with Gasteiger partial charge in [0.15, 0.2) is 5.15 Å². The fraction of sp³-hybridized carbons (Fsp3) is 0.